The Morgan fingerprint density at radius 2 is 1.89 bits per heavy atom. The summed E-state index contributed by atoms with van der Waals surface area (Å²) in [7, 11) is 5.52. The number of aromatic nitrogens is 1. The van der Waals surface area contributed by atoms with Crippen molar-refractivity contribution in [2.45, 2.75) is 38.5 Å². The number of carbonyl (C=O) groups is 2. The van der Waals surface area contributed by atoms with Crippen LogP contribution in [0.25, 0.3) is 16.0 Å². The summed E-state index contributed by atoms with van der Waals surface area (Å²) < 4.78 is 7.03. The SMILES string of the molecule is COC(=O)c1sc(-c2ccc(NC(=O)c3csc[n+]3C)cc2)cc1C1=C(C2CCCCC2)CN(C)CC1. The van der Waals surface area contributed by atoms with Gasteiger partial charge in [-0.25, -0.2) is 4.79 Å². The van der Waals surface area contributed by atoms with E-state index >= 15 is 0 Å². The van der Waals surface area contributed by atoms with Crippen LogP contribution in [0.2, 0.25) is 0 Å². The van der Waals surface area contributed by atoms with Gasteiger partial charge in [-0.1, -0.05) is 42.7 Å². The molecule has 0 spiro atoms. The molecule has 3 aromatic rings. The van der Waals surface area contributed by atoms with Gasteiger partial charge in [-0.05, 0) is 67.1 Å². The molecule has 1 aliphatic heterocycles. The summed E-state index contributed by atoms with van der Waals surface area (Å²) in [4.78, 5) is 29.6. The maximum Gasteiger partial charge on any atom is 0.348 e. The van der Waals surface area contributed by atoms with Crippen LogP contribution < -0.4 is 9.88 Å². The Hall–Kier alpha value is -2.81. The predicted molar refractivity (Wildman–Crippen MR) is 150 cm³/mol. The second-order valence-corrected chi connectivity index (χ2v) is 11.8. The van der Waals surface area contributed by atoms with E-state index in [0.29, 0.717) is 16.5 Å². The zero-order chi connectivity index (χ0) is 25.9. The summed E-state index contributed by atoms with van der Waals surface area (Å²) in [6.07, 6.45) is 7.34. The molecule has 2 aromatic heterocycles. The molecular formula is C29H34N3O3S2+. The third-order valence-electron chi connectivity index (χ3n) is 7.54. The number of amides is 1. The van der Waals surface area contributed by atoms with Crippen molar-refractivity contribution in [3.05, 3.63) is 62.9 Å². The number of aryl methyl sites for hydroxylation is 1. The fourth-order valence-corrected chi connectivity index (χ4v) is 7.39. The second-order valence-electron chi connectivity index (χ2n) is 10.1. The van der Waals surface area contributed by atoms with E-state index in [2.05, 4.69) is 23.3 Å². The first kappa shape index (κ1) is 25.8. The largest absolute Gasteiger partial charge is 0.465 e. The van der Waals surface area contributed by atoms with Crippen molar-refractivity contribution in [2.75, 3.05) is 32.6 Å². The zero-order valence-electron chi connectivity index (χ0n) is 21.7. The molecule has 6 nitrogen and oxygen atoms in total. The van der Waals surface area contributed by atoms with E-state index in [-0.39, 0.29) is 11.9 Å². The van der Waals surface area contributed by atoms with Crippen molar-refractivity contribution in [1.29, 1.82) is 0 Å². The fraction of sp³-hybridized carbons (Fsp3) is 0.414. The normalized spacial score (nSPS) is 17.2. The van der Waals surface area contributed by atoms with Crippen LogP contribution in [-0.2, 0) is 11.8 Å². The highest BCUT2D eigenvalue weighted by molar-refractivity contribution is 7.17. The van der Waals surface area contributed by atoms with E-state index in [1.165, 1.54) is 73.0 Å². The van der Waals surface area contributed by atoms with Gasteiger partial charge in [-0.3, -0.25) is 4.79 Å². The molecule has 1 aromatic carbocycles. The van der Waals surface area contributed by atoms with Crippen molar-refractivity contribution in [2.24, 2.45) is 13.0 Å². The second kappa shape index (κ2) is 11.3. The number of thiophene rings is 1. The van der Waals surface area contributed by atoms with Crippen molar-refractivity contribution in [1.82, 2.24) is 4.90 Å². The van der Waals surface area contributed by atoms with E-state index in [9.17, 15) is 9.59 Å². The van der Waals surface area contributed by atoms with Crippen LogP contribution in [0.5, 0.6) is 0 Å². The molecule has 2 aliphatic rings. The summed E-state index contributed by atoms with van der Waals surface area (Å²) in [6, 6.07) is 10.0. The van der Waals surface area contributed by atoms with Gasteiger partial charge in [0.05, 0.1) is 12.5 Å². The van der Waals surface area contributed by atoms with Crippen LogP contribution in [-0.4, -0.2) is 44.0 Å². The van der Waals surface area contributed by atoms with Gasteiger partial charge in [0, 0.05) is 29.2 Å². The number of hydrogen-bond donors (Lipinski definition) is 1. The summed E-state index contributed by atoms with van der Waals surface area (Å²) in [5.41, 5.74) is 8.19. The number of carbonyl (C=O) groups excluding carboxylic acids is 2. The van der Waals surface area contributed by atoms with Gasteiger partial charge in [-0.15, -0.1) is 11.3 Å². The number of anilines is 1. The summed E-state index contributed by atoms with van der Waals surface area (Å²) in [6.45, 7) is 1.97. The molecule has 194 valence electrons. The number of esters is 1. The van der Waals surface area contributed by atoms with Crippen molar-refractivity contribution in [3.63, 3.8) is 0 Å². The summed E-state index contributed by atoms with van der Waals surface area (Å²) in [5.74, 6) is 0.203. The van der Waals surface area contributed by atoms with E-state index in [1.54, 1.807) is 0 Å². The number of hydrogen-bond acceptors (Lipinski definition) is 6. The number of nitrogens with zero attached hydrogens (tertiary/aromatic N) is 2. The minimum Gasteiger partial charge on any atom is -0.465 e. The van der Waals surface area contributed by atoms with Gasteiger partial charge in [0.2, 0.25) is 5.51 Å². The average molecular weight is 537 g/mol. The van der Waals surface area contributed by atoms with Crippen molar-refractivity contribution in [3.8, 4) is 10.4 Å². The molecule has 1 saturated carbocycles. The third-order valence-corrected chi connectivity index (χ3v) is 9.50. The minimum absolute atomic E-state index is 0.132. The van der Waals surface area contributed by atoms with Crippen LogP contribution in [0.4, 0.5) is 5.69 Å². The Kier molecular flexibility index (Phi) is 7.88. The monoisotopic (exact) mass is 536 g/mol. The Labute approximate surface area is 226 Å². The molecule has 1 fully saturated rings. The molecule has 1 aliphatic carbocycles. The highest BCUT2D eigenvalue weighted by Gasteiger charge is 2.29. The van der Waals surface area contributed by atoms with Gasteiger partial charge in [0.15, 0.2) is 0 Å². The predicted octanol–water partition coefficient (Wildman–Crippen LogP) is 6.01. The molecule has 0 unspecified atom stereocenters. The van der Waals surface area contributed by atoms with Gasteiger partial charge < -0.3 is 15.0 Å². The van der Waals surface area contributed by atoms with Crippen LogP contribution >= 0.6 is 22.7 Å². The molecular weight excluding hydrogens is 502 g/mol. The first-order valence-corrected chi connectivity index (χ1v) is 14.7. The molecule has 0 bridgehead atoms. The lowest BCUT2D eigenvalue weighted by atomic mass is 9.78. The van der Waals surface area contributed by atoms with Crippen molar-refractivity contribution >= 4 is 45.8 Å². The Morgan fingerprint density at radius 1 is 1.14 bits per heavy atom. The molecule has 37 heavy (non-hydrogen) atoms. The smallest absolute Gasteiger partial charge is 0.348 e. The van der Waals surface area contributed by atoms with Crippen LogP contribution in [0.15, 0.2) is 46.8 Å². The molecule has 5 rings (SSSR count). The highest BCUT2D eigenvalue weighted by Crippen LogP contribution is 2.43. The molecule has 0 saturated heterocycles. The Morgan fingerprint density at radius 3 is 2.57 bits per heavy atom. The number of thiazole rings is 1. The quantitative estimate of drug-likeness (QED) is 0.310. The minimum atomic E-state index is -0.270. The van der Waals surface area contributed by atoms with Crippen LogP contribution in [0.3, 0.4) is 0 Å². The number of nitrogens with one attached hydrogen (secondary N) is 1. The molecule has 0 atom stereocenters. The Bertz CT molecular complexity index is 1320. The third kappa shape index (κ3) is 5.56. The zero-order valence-corrected chi connectivity index (χ0v) is 23.3. The standard InChI is InChI=1S/C29H33N3O3S2/c1-31-14-13-22(24(16-31)19-7-5-4-6-8-19)23-15-26(37-27(23)29(34)35-3)20-9-11-21(12-10-20)30-28(33)25-17-36-18-32(25)2/h9-12,15,17-19H,4-8,13-14,16H2,1-3H3/p+1. The molecule has 1 N–H and O–H groups in total. The summed E-state index contributed by atoms with van der Waals surface area (Å²) >= 11 is 2.99. The average Bonchev–Trinajstić information content (AvgIpc) is 3.56. The number of methoxy groups -OCH3 is 1. The maximum atomic E-state index is 12.9. The van der Waals surface area contributed by atoms with Gasteiger partial charge in [0.1, 0.15) is 11.9 Å². The Balaban J connectivity index is 1.46. The maximum absolute atomic E-state index is 12.9. The van der Waals surface area contributed by atoms with Gasteiger partial charge >= 0.3 is 11.9 Å². The topological polar surface area (TPSA) is 62.5 Å². The van der Waals surface area contributed by atoms with Gasteiger partial charge in [0.25, 0.3) is 5.69 Å². The van der Waals surface area contributed by atoms with E-state index in [4.69, 9.17) is 4.74 Å². The molecule has 1 amide bonds. The summed E-state index contributed by atoms with van der Waals surface area (Å²) in [5, 5.41) is 4.81. The van der Waals surface area contributed by atoms with Gasteiger partial charge in [-0.2, -0.15) is 4.57 Å². The van der Waals surface area contributed by atoms with E-state index in [0.717, 1.165) is 41.2 Å². The lowest BCUT2D eigenvalue weighted by Gasteiger charge is -2.34. The fourth-order valence-electron chi connectivity index (χ4n) is 5.52. The first-order valence-electron chi connectivity index (χ1n) is 12.9. The molecule has 8 heteroatoms. The number of likely N-dealkylation sites (N-methyl/N-ethyl adjacent to an activating group) is 1. The van der Waals surface area contributed by atoms with Crippen LogP contribution in [0, 0.1) is 5.92 Å². The number of benzene rings is 1. The lowest BCUT2D eigenvalue weighted by molar-refractivity contribution is -0.668. The highest BCUT2D eigenvalue weighted by atomic mass is 32.1. The van der Waals surface area contributed by atoms with E-state index < -0.39 is 0 Å². The molecule has 0 radical (unpaired) electrons. The van der Waals surface area contributed by atoms with Crippen molar-refractivity contribution < 1.29 is 18.9 Å². The first-order chi connectivity index (χ1) is 17.9. The molecule has 3 heterocycles. The number of rotatable bonds is 6. The van der Waals surface area contributed by atoms with E-state index in [1.807, 2.05) is 46.8 Å². The lowest BCUT2D eigenvalue weighted by Crippen LogP contribution is -2.34. The van der Waals surface area contributed by atoms with Crippen LogP contribution in [0.1, 0.15) is 64.2 Å². The number of ether oxygens (including phenoxy) is 1.